The average molecular weight is 425 g/mol. The molecule has 0 bridgehead atoms. The fraction of sp³-hybridized carbons (Fsp3) is 0.455. The number of Topliss-reactive ketones (excluding diaryl/α,β-unsaturated/α-hetero) is 1. The molecule has 2 aliphatic rings. The van der Waals surface area contributed by atoms with Crippen LogP contribution in [0.2, 0.25) is 0 Å². The van der Waals surface area contributed by atoms with Gasteiger partial charge in [0.2, 0.25) is 0 Å². The van der Waals surface area contributed by atoms with Gasteiger partial charge in [-0.1, -0.05) is 6.07 Å². The molecule has 0 saturated carbocycles. The van der Waals surface area contributed by atoms with Crippen molar-refractivity contribution in [3.05, 3.63) is 52.6 Å². The first kappa shape index (κ1) is 21.2. The Morgan fingerprint density at radius 3 is 2.68 bits per heavy atom. The molecule has 9 nitrogen and oxygen atoms in total. The molecule has 9 heteroatoms. The zero-order chi connectivity index (χ0) is 22.0. The number of rotatable bonds is 6. The third-order valence-corrected chi connectivity index (χ3v) is 5.88. The largest absolute Gasteiger partial charge is 0.507 e. The second-order valence-electron chi connectivity index (χ2n) is 7.90. The molecule has 1 atom stereocenters. The number of ketones is 1. The van der Waals surface area contributed by atoms with Crippen LogP contribution >= 0.6 is 0 Å². The minimum Gasteiger partial charge on any atom is -0.507 e. The Hall–Kier alpha value is -3.04. The van der Waals surface area contributed by atoms with Crippen molar-refractivity contribution in [1.29, 1.82) is 0 Å². The average Bonchev–Trinajstić information content (AvgIpc) is 3.25. The van der Waals surface area contributed by atoms with Crippen LogP contribution in [0.15, 0.2) is 30.1 Å². The third-order valence-electron chi connectivity index (χ3n) is 5.88. The molecule has 0 spiro atoms. The number of nitrogens with zero attached hydrogens (tertiary/aromatic N) is 4. The fourth-order valence-corrected chi connectivity index (χ4v) is 4.32. The van der Waals surface area contributed by atoms with E-state index in [2.05, 4.69) is 20.1 Å². The number of aliphatic hydroxyl groups is 1. The summed E-state index contributed by atoms with van der Waals surface area (Å²) in [5.74, 6) is -1.49. The van der Waals surface area contributed by atoms with Crippen LogP contribution in [-0.2, 0) is 14.3 Å². The van der Waals surface area contributed by atoms with Gasteiger partial charge in [0.1, 0.15) is 5.76 Å². The summed E-state index contributed by atoms with van der Waals surface area (Å²) in [5, 5.41) is 18.1. The zero-order valence-corrected chi connectivity index (χ0v) is 17.8. The monoisotopic (exact) mass is 425 g/mol. The van der Waals surface area contributed by atoms with E-state index in [4.69, 9.17) is 4.74 Å². The zero-order valence-electron chi connectivity index (χ0n) is 17.8. The molecule has 2 aromatic heterocycles. The lowest BCUT2D eigenvalue weighted by Crippen LogP contribution is -2.39. The Balaban J connectivity index is 1.67. The maximum Gasteiger partial charge on any atom is 0.295 e. The van der Waals surface area contributed by atoms with Gasteiger partial charge >= 0.3 is 0 Å². The molecule has 2 saturated heterocycles. The third kappa shape index (κ3) is 4.11. The number of likely N-dealkylation sites (tertiary alicyclic amines) is 1. The van der Waals surface area contributed by atoms with Crippen LogP contribution in [0.5, 0.6) is 0 Å². The van der Waals surface area contributed by atoms with Gasteiger partial charge in [0.25, 0.3) is 11.7 Å². The minimum atomic E-state index is -0.688. The lowest BCUT2D eigenvalue weighted by Gasteiger charge is -2.29. The predicted molar refractivity (Wildman–Crippen MR) is 113 cm³/mol. The Morgan fingerprint density at radius 1 is 1.26 bits per heavy atom. The molecule has 164 valence electrons. The van der Waals surface area contributed by atoms with Crippen molar-refractivity contribution in [2.75, 3.05) is 39.4 Å². The van der Waals surface area contributed by atoms with Crippen molar-refractivity contribution in [2.45, 2.75) is 26.3 Å². The Labute approximate surface area is 180 Å². The number of amides is 1. The van der Waals surface area contributed by atoms with Gasteiger partial charge in [0.15, 0.2) is 0 Å². The van der Waals surface area contributed by atoms with E-state index >= 15 is 0 Å². The number of hydrogen-bond donors (Lipinski definition) is 2. The topological polar surface area (TPSA) is 112 Å². The molecule has 2 N–H and O–H groups in total. The number of aromatic nitrogens is 3. The van der Waals surface area contributed by atoms with Crippen LogP contribution in [0, 0.1) is 13.8 Å². The molecule has 1 amide bonds. The number of nitrogens with one attached hydrogen (secondary N) is 1. The van der Waals surface area contributed by atoms with Crippen molar-refractivity contribution in [1.82, 2.24) is 25.0 Å². The van der Waals surface area contributed by atoms with Gasteiger partial charge in [0.05, 0.1) is 36.1 Å². The standard InChI is InChI=1S/C22H27N5O4/c1-14-17(15(2)25-24-14)20(28)18-19(16-5-3-6-23-13-16)27(22(30)21(18)29)8-4-7-26-9-11-31-12-10-26/h3,5-6,13,19,28H,4,7-12H2,1-2H3,(H,24,25)/b20-18+/t19-/m0/s1. The van der Waals surface area contributed by atoms with E-state index in [0.717, 1.165) is 19.6 Å². The molecule has 0 aromatic carbocycles. The van der Waals surface area contributed by atoms with Crippen LogP contribution in [0.25, 0.3) is 5.76 Å². The number of aryl methyl sites for hydroxylation is 2. The molecule has 2 fully saturated rings. The van der Waals surface area contributed by atoms with E-state index < -0.39 is 17.7 Å². The van der Waals surface area contributed by atoms with E-state index in [1.54, 1.807) is 37.2 Å². The van der Waals surface area contributed by atoms with Crippen molar-refractivity contribution in [3.8, 4) is 0 Å². The van der Waals surface area contributed by atoms with Crippen LogP contribution < -0.4 is 0 Å². The highest BCUT2D eigenvalue weighted by Gasteiger charge is 2.46. The summed E-state index contributed by atoms with van der Waals surface area (Å²) in [6, 6.07) is 2.89. The molecule has 2 aromatic rings. The first-order valence-corrected chi connectivity index (χ1v) is 10.5. The normalized spacial score (nSPS) is 21.7. The molecule has 0 unspecified atom stereocenters. The molecule has 0 radical (unpaired) electrons. The van der Waals surface area contributed by atoms with Gasteiger partial charge < -0.3 is 14.7 Å². The molecular formula is C22H27N5O4. The molecule has 4 heterocycles. The van der Waals surface area contributed by atoms with Crippen molar-refractivity contribution in [2.24, 2.45) is 0 Å². The maximum atomic E-state index is 13.0. The summed E-state index contributed by atoms with van der Waals surface area (Å²) >= 11 is 0. The number of ether oxygens (including phenoxy) is 1. The van der Waals surface area contributed by atoms with Gasteiger partial charge in [-0.3, -0.25) is 24.6 Å². The van der Waals surface area contributed by atoms with E-state index in [1.165, 1.54) is 0 Å². The van der Waals surface area contributed by atoms with Crippen LogP contribution in [-0.4, -0.2) is 81.2 Å². The Morgan fingerprint density at radius 2 is 2.03 bits per heavy atom. The number of pyridine rings is 1. The molecule has 0 aliphatic carbocycles. The molecule has 4 rings (SSSR count). The molecule has 31 heavy (non-hydrogen) atoms. The first-order valence-electron chi connectivity index (χ1n) is 10.5. The van der Waals surface area contributed by atoms with Crippen molar-refractivity contribution in [3.63, 3.8) is 0 Å². The number of aliphatic hydroxyl groups excluding tert-OH is 1. The lowest BCUT2D eigenvalue weighted by atomic mass is 9.95. The van der Waals surface area contributed by atoms with Gasteiger partial charge in [-0.25, -0.2) is 0 Å². The fourth-order valence-electron chi connectivity index (χ4n) is 4.32. The summed E-state index contributed by atoms with van der Waals surface area (Å²) < 4.78 is 5.38. The predicted octanol–water partition coefficient (Wildman–Crippen LogP) is 1.57. The maximum absolute atomic E-state index is 13.0. The smallest absolute Gasteiger partial charge is 0.295 e. The van der Waals surface area contributed by atoms with Crippen molar-refractivity contribution >= 4 is 17.4 Å². The second kappa shape index (κ2) is 8.99. The van der Waals surface area contributed by atoms with Gasteiger partial charge in [-0.2, -0.15) is 5.10 Å². The van der Waals surface area contributed by atoms with E-state index in [1.807, 2.05) is 6.07 Å². The van der Waals surface area contributed by atoms with Crippen LogP contribution in [0.3, 0.4) is 0 Å². The highest BCUT2D eigenvalue weighted by Crippen LogP contribution is 2.39. The Kier molecular flexibility index (Phi) is 6.15. The number of aromatic amines is 1. The summed E-state index contributed by atoms with van der Waals surface area (Å²) in [4.78, 5) is 34.0. The van der Waals surface area contributed by atoms with E-state index in [-0.39, 0.29) is 11.3 Å². The number of hydrogen-bond acceptors (Lipinski definition) is 7. The molecular weight excluding hydrogens is 398 g/mol. The van der Waals surface area contributed by atoms with Gasteiger partial charge in [0, 0.05) is 44.3 Å². The Bertz CT molecular complexity index is 975. The summed E-state index contributed by atoms with van der Waals surface area (Å²) in [6.07, 6.45) is 3.99. The van der Waals surface area contributed by atoms with Gasteiger partial charge in [-0.05, 0) is 31.9 Å². The number of morpholine rings is 1. The molecule has 2 aliphatic heterocycles. The SMILES string of the molecule is Cc1n[nH]c(C)c1/C(O)=C1\C(=O)C(=O)N(CCCN2CCOCC2)[C@H]1c1cccnc1. The van der Waals surface area contributed by atoms with Crippen molar-refractivity contribution < 1.29 is 19.4 Å². The van der Waals surface area contributed by atoms with Crippen LogP contribution in [0.4, 0.5) is 0 Å². The highest BCUT2D eigenvalue weighted by molar-refractivity contribution is 6.46. The van der Waals surface area contributed by atoms with E-state index in [9.17, 15) is 14.7 Å². The van der Waals surface area contributed by atoms with E-state index in [0.29, 0.717) is 48.7 Å². The lowest BCUT2D eigenvalue weighted by molar-refractivity contribution is -0.140. The number of H-pyrrole nitrogens is 1. The second-order valence-corrected chi connectivity index (χ2v) is 7.90. The highest BCUT2D eigenvalue weighted by atomic mass is 16.5. The summed E-state index contributed by atoms with van der Waals surface area (Å²) in [6.45, 7) is 7.89. The summed E-state index contributed by atoms with van der Waals surface area (Å²) in [5.41, 5.74) is 2.43. The number of carbonyl (C=O) groups excluding carboxylic acids is 2. The van der Waals surface area contributed by atoms with Gasteiger partial charge in [-0.15, -0.1) is 0 Å². The quantitative estimate of drug-likeness (QED) is 0.410. The summed E-state index contributed by atoms with van der Waals surface area (Å²) in [7, 11) is 0. The number of carbonyl (C=O) groups is 2. The minimum absolute atomic E-state index is 0.0805. The van der Waals surface area contributed by atoms with Crippen LogP contribution in [0.1, 0.15) is 35.0 Å². The first-order chi connectivity index (χ1) is 15.0.